The molecule has 1 aliphatic rings. The van der Waals surface area contributed by atoms with E-state index in [1.807, 2.05) is 37.3 Å². The van der Waals surface area contributed by atoms with Crippen molar-refractivity contribution in [3.05, 3.63) is 35.9 Å². The number of imide groups is 1. The zero-order valence-electron chi connectivity index (χ0n) is 13.9. The first-order chi connectivity index (χ1) is 11.4. The van der Waals surface area contributed by atoms with Crippen LogP contribution in [0.3, 0.4) is 0 Å². The van der Waals surface area contributed by atoms with E-state index in [2.05, 4.69) is 0 Å². The Balaban J connectivity index is 1.85. The van der Waals surface area contributed by atoms with E-state index in [0.717, 1.165) is 5.56 Å². The largest absolute Gasteiger partial charge is 0.336 e. The third-order valence-electron chi connectivity index (χ3n) is 4.03. The number of hydroxylamine groups is 2. The van der Waals surface area contributed by atoms with Crippen LogP contribution in [-0.4, -0.2) is 28.6 Å². The highest BCUT2D eigenvalue weighted by Crippen LogP contribution is 2.18. The number of rotatable bonds is 7. The van der Waals surface area contributed by atoms with Gasteiger partial charge in [-0.15, -0.1) is 5.06 Å². The maximum atomic E-state index is 12.3. The van der Waals surface area contributed by atoms with Crippen LogP contribution in [0.2, 0.25) is 0 Å². The molecule has 2 amide bonds. The summed E-state index contributed by atoms with van der Waals surface area (Å²) < 4.78 is 0. The van der Waals surface area contributed by atoms with Crippen molar-refractivity contribution in [1.29, 1.82) is 0 Å². The Bertz CT molecular complexity index is 624. The quantitative estimate of drug-likeness (QED) is 0.715. The number of carbonyl (C=O) groups is 4. The second-order valence-corrected chi connectivity index (χ2v) is 6.15. The van der Waals surface area contributed by atoms with Gasteiger partial charge in [-0.25, -0.2) is 4.79 Å². The Labute approximate surface area is 140 Å². The summed E-state index contributed by atoms with van der Waals surface area (Å²) in [6, 6.07) is 9.64. The van der Waals surface area contributed by atoms with Gasteiger partial charge in [-0.2, -0.15) is 0 Å². The molecule has 6 nitrogen and oxygen atoms in total. The van der Waals surface area contributed by atoms with Gasteiger partial charge in [0.1, 0.15) is 5.78 Å². The fraction of sp³-hybridized carbons (Fsp3) is 0.444. The van der Waals surface area contributed by atoms with Crippen LogP contribution in [0.1, 0.15) is 38.7 Å². The first-order valence-electron chi connectivity index (χ1n) is 8.02. The van der Waals surface area contributed by atoms with Crippen molar-refractivity contribution in [3.63, 3.8) is 0 Å². The normalized spacial score (nSPS) is 16.8. The lowest BCUT2D eigenvalue weighted by Crippen LogP contribution is -2.34. The van der Waals surface area contributed by atoms with Gasteiger partial charge in [0.25, 0.3) is 11.8 Å². The maximum absolute atomic E-state index is 12.3. The number of carbonyl (C=O) groups excluding carboxylic acids is 4. The monoisotopic (exact) mass is 331 g/mol. The van der Waals surface area contributed by atoms with Crippen LogP contribution in [0, 0.1) is 11.8 Å². The van der Waals surface area contributed by atoms with Gasteiger partial charge in [-0.3, -0.25) is 14.4 Å². The zero-order chi connectivity index (χ0) is 17.7. The standard InChI is InChI=1S/C18H21NO5/c1-12(10-14-6-4-3-5-7-14)15(20)11-13(2)18(23)24-19-16(21)8-9-17(19)22/h3-7,12-13H,8-11H2,1-2H3/t12-,13+/m0/s1. The summed E-state index contributed by atoms with van der Waals surface area (Å²) in [6.45, 7) is 3.38. The summed E-state index contributed by atoms with van der Waals surface area (Å²) in [5.74, 6) is -2.77. The Kier molecular flexibility index (Phi) is 5.84. The Morgan fingerprint density at radius 2 is 1.62 bits per heavy atom. The Hall–Kier alpha value is -2.50. The zero-order valence-corrected chi connectivity index (χ0v) is 13.9. The maximum Gasteiger partial charge on any atom is 0.336 e. The van der Waals surface area contributed by atoms with Crippen molar-refractivity contribution in [1.82, 2.24) is 5.06 Å². The molecule has 0 aromatic heterocycles. The molecule has 0 radical (unpaired) electrons. The lowest BCUT2D eigenvalue weighted by Gasteiger charge is -2.17. The lowest BCUT2D eigenvalue weighted by molar-refractivity contribution is -0.200. The Morgan fingerprint density at radius 1 is 1.04 bits per heavy atom. The molecule has 6 heteroatoms. The highest BCUT2D eigenvalue weighted by Gasteiger charge is 2.34. The van der Waals surface area contributed by atoms with Crippen LogP contribution in [0.5, 0.6) is 0 Å². The van der Waals surface area contributed by atoms with Crippen LogP contribution >= 0.6 is 0 Å². The average Bonchev–Trinajstić information content (AvgIpc) is 2.87. The van der Waals surface area contributed by atoms with Gasteiger partial charge < -0.3 is 4.84 Å². The molecule has 128 valence electrons. The first kappa shape index (κ1) is 17.8. The minimum Gasteiger partial charge on any atom is -0.330 e. The fourth-order valence-corrected chi connectivity index (χ4v) is 2.51. The summed E-state index contributed by atoms with van der Waals surface area (Å²) >= 11 is 0. The van der Waals surface area contributed by atoms with Gasteiger partial charge in [0, 0.05) is 25.2 Å². The van der Waals surface area contributed by atoms with E-state index < -0.39 is 23.7 Å². The molecule has 1 fully saturated rings. The molecule has 0 unspecified atom stereocenters. The molecule has 1 heterocycles. The summed E-state index contributed by atoms with van der Waals surface area (Å²) in [5.41, 5.74) is 1.06. The van der Waals surface area contributed by atoms with Crippen molar-refractivity contribution in [3.8, 4) is 0 Å². The number of nitrogens with zero attached hydrogens (tertiary/aromatic N) is 1. The minimum atomic E-state index is -0.737. The van der Waals surface area contributed by atoms with Crippen molar-refractivity contribution in [2.45, 2.75) is 39.5 Å². The molecule has 24 heavy (non-hydrogen) atoms. The van der Waals surface area contributed by atoms with Gasteiger partial charge >= 0.3 is 5.97 Å². The molecular weight excluding hydrogens is 310 g/mol. The van der Waals surface area contributed by atoms with Gasteiger partial charge in [0.15, 0.2) is 0 Å². The predicted octanol–water partition coefficient (Wildman–Crippen LogP) is 2.07. The molecule has 0 N–H and O–H groups in total. The number of hydrogen-bond donors (Lipinski definition) is 0. The van der Waals surface area contributed by atoms with E-state index in [-0.39, 0.29) is 31.0 Å². The number of amides is 2. The topological polar surface area (TPSA) is 80.8 Å². The summed E-state index contributed by atoms with van der Waals surface area (Å²) in [6.07, 6.45) is 0.717. The van der Waals surface area contributed by atoms with E-state index in [1.54, 1.807) is 6.92 Å². The van der Waals surface area contributed by atoms with E-state index in [4.69, 9.17) is 4.84 Å². The SMILES string of the molecule is C[C@H](CC(=O)[C@@H](C)Cc1ccccc1)C(=O)ON1C(=O)CCC1=O. The Morgan fingerprint density at radius 3 is 2.21 bits per heavy atom. The van der Waals surface area contributed by atoms with Gasteiger partial charge in [-0.1, -0.05) is 44.2 Å². The molecule has 2 rings (SSSR count). The lowest BCUT2D eigenvalue weighted by atomic mass is 9.91. The van der Waals surface area contributed by atoms with Crippen molar-refractivity contribution < 1.29 is 24.0 Å². The van der Waals surface area contributed by atoms with Crippen LogP contribution in [0.25, 0.3) is 0 Å². The molecular formula is C18H21NO5. The molecule has 0 bridgehead atoms. The van der Waals surface area contributed by atoms with E-state index in [0.29, 0.717) is 11.5 Å². The van der Waals surface area contributed by atoms with E-state index >= 15 is 0 Å². The summed E-state index contributed by atoms with van der Waals surface area (Å²) in [7, 11) is 0. The summed E-state index contributed by atoms with van der Waals surface area (Å²) in [4.78, 5) is 52.0. The minimum absolute atomic E-state index is 0.0169. The van der Waals surface area contributed by atoms with Crippen LogP contribution < -0.4 is 0 Å². The van der Waals surface area contributed by atoms with Crippen molar-refractivity contribution in [2.24, 2.45) is 11.8 Å². The van der Waals surface area contributed by atoms with Gasteiger partial charge in [0.2, 0.25) is 0 Å². The first-order valence-corrected chi connectivity index (χ1v) is 8.02. The predicted molar refractivity (Wildman–Crippen MR) is 85.3 cm³/mol. The molecule has 1 aromatic rings. The third kappa shape index (κ3) is 4.50. The molecule has 2 atom stereocenters. The molecule has 1 saturated heterocycles. The number of ketones is 1. The number of Topliss-reactive ketones (excluding diaryl/α,β-unsaturated/α-hetero) is 1. The smallest absolute Gasteiger partial charge is 0.330 e. The van der Waals surface area contributed by atoms with Crippen LogP contribution in [-0.2, 0) is 30.4 Å². The third-order valence-corrected chi connectivity index (χ3v) is 4.03. The van der Waals surface area contributed by atoms with Crippen molar-refractivity contribution >= 4 is 23.6 Å². The average molecular weight is 331 g/mol. The number of hydrogen-bond acceptors (Lipinski definition) is 5. The number of benzene rings is 1. The second-order valence-electron chi connectivity index (χ2n) is 6.15. The summed E-state index contributed by atoms with van der Waals surface area (Å²) in [5, 5.41) is 0.511. The van der Waals surface area contributed by atoms with Crippen molar-refractivity contribution in [2.75, 3.05) is 0 Å². The van der Waals surface area contributed by atoms with Crippen LogP contribution in [0.4, 0.5) is 0 Å². The molecule has 0 spiro atoms. The molecule has 0 saturated carbocycles. The highest BCUT2D eigenvalue weighted by atomic mass is 16.7. The molecule has 1 aromatic carbocycles. The van der Waals surface area contributed by atoms with E-state index in [1.165, 1.54) is 0 Å². The van der Waals surface area contributed by atoms with Gasteiger partial charge in [0.05, 0.1) is 5.92 Å². The van der Waals surface area contributed by atoms with Crippen LogP contribution in [0.15, 0.2) is 30.3 Å². The fourth-order valence-electron chi connectivity index (χ4n) is 2.51. The van der Waals surface area contributed by atoms with E-state index in [9.17, 15) is 19.2 Å². The highest BCUT2D eigenvalue weighted by molar-refractivity contribution is 6.01. The molecule has 0 aliphatic carbocycles. The molecule has 1 aliphatic heterocycles. The van der Waals surface area contributed by atoms with Gasteiger partial charge in [-0.05, 0) is 12.0 Å². The second kappa shape index (κ2) is 7.86.